The Hall–Kier alpha value is -2.36. The number of alkyl carbamates (subject to hydrolysis) is 1. The number of amides is 1. The average Bonchev–Trinajstić information content (AvgIpc) is 2.98. The minimum atomic E-state index is -0.852. The first-order valence-corrected chi connectivity index (χ1v) is 16.4. The minimum Gasteiger partial charge on any atom is -0.469 e. The van der Waals surface area contributed by atoms with Gasteiger partial charge in [-0.1, -0.05) is 84.5 Å². The Bertz CT molecular complexity index is 678. The van der Waals surface area contributed by atoms with Crippen LogP contribution in [0, 0.1) is 5.92 Å². The number of carbonyl (C=O) groups is 4. The topological polar surface area (TPSA) is 143 Å². The number of nitrogens with two attached hydrogens (primary N) is 1. The maximum absolute atomic E-state index is 12.3. The third-order valence-corrected chi connectivity index (χ3v) is 7.14. The van der Waals surface area contributed by atoms with E-state index in [9.17, 15) is 19.2 Å². The molecular weight excluding hydrogens is 540 g/mol. The molecule has 0 rings (SSSR count). The molecule has 0 aromatic carbocycles. The van der Waals surface area contributed by atoms with Crippen molar-refractivity contribution in [3.05, 3.63) is 0 Å². The fourth-order valence-electron chi connectivity index (χ4n) is 4.54. The largest absolute Gasteiger partial charge is 0.469 e. The third kappa shape index (κ3) is 24.3. The van der Waals surface area contributed by atoms with Crippen molar-refractivity contribution in [3.63, 3.8) is 0 Å². The Balaban J connectivity index is 4.21. The molecule has 0 bridgehead atoms. The van der Waals surface area contributed by atoms with E-state index in [0.29, 0.717) is 25.9 Å². The van der Waals surface area contributed by atoms with Gasteiger partial charge in [-0.2, -0.15) is 0 Å². The van der Waals surface area contributed by atoms with Crippen LogP contribution in [0.5, 0.6) is 0 Å². The van der Waals surface area contributed by atoms with E-state index in [-0.39, 0.29) is 37.0 Å². The quantitative estimate of drug-likeness (QED) is 0.0595. The highest BCUT2D eigenvalue weighted by atomic mass is 16.6. The summed E-state index contributed by atoms with van der Waals surface area (Å²) >= 11 is 0. The van der Waals surface area contributed by atoms with E-state index in [0.717, 1.165) is 109 Å². The normalized spacial score (nSPS) is 11.6. The van der Waals surface area contributed by atoms with Gasteiger partial charge in [-0.15, -0.1) is 0 Å². The number of unbranched alkanes of at least 4 members (excludes halogenated alkanes) is 11. The van der Waals surface area contributed by atoms with Crippen molar-refractivity contribution in [2.45, 2.75) is 142 Å². The number of rotatable bonds is 28. The molecule has 1 amide bonds. The molecule has 1 atom stereocenters. The summed E-state index contributed by atoms with van der Waals surface area (Å²) in [5.74, 6) is -0.839. The van der Waals surface area contributed by atoms with Gasteiger partial charge in [0.15, 0.2) is 6.10 Å². The summed E-state index contributed by atoms with van der Waals surface area (Å²) in [5, 5.41) is 2.74. The second-order valence-corrected chi connectivity index (χ2v) is 11.0. The molecule has 0 aliphatic rings. The molecule has 0 aliphatic carbocycles. The number of hydrogen-bond donors (Lipinski definition) is 2. The minimum absolute atomic E-state index is 0.0253. The molecular formula is C32H60N2O8. The van der Waals surface area contributed by atoms with Crippen LogP contribution in [0.2, 0.25) is 0 Å². The predicted molar refractivity (Wildman–Crippen MR) is 164 cm³/mol. The molecule has 0 aromatic rings. The van der Waals surface area contributed by atoms with E-state index in [1.807, 2.05) is 0 Å². The molecule has 0 fully saturated rings. The SMILES string of the molecule is CCCCCC(=O)OCC(COC(=O)CCCCC)OC(=O)NCCCCCCCCCC(CCCCN)C(=O)OC. The van der Waals surface area contributed by atoms with Crippen LogP contribution in [0.4, 0.5) is 4.79 Å². The fourth-order valence-corrected chi connectivity index (χ4v) is 4.54. The number of esters is 3. The summed E-state index contributed by atoms with van der Waals surface area (Å²) in [4.78, 5) is 48.3. The van der Waals surface area contributed by atoms with Gasteiger partial charge in [-0.3, -0.25) is 14.4 Å². The lowest BCUT2D eigenvalue weighted by Gasteiger charge is -2.18. The summed E-state index contributed by atoms with van der Waals surface area (Å²) in [6.45, 7) is 4.95. The van der Waals surface area contributed by atoms with Crippen molar-refractivity contribution in [1.82, 2.24) is 5.32 Å². The highest BCUT2D eigenvalue weighted by molar-refractivity contribution is 5.72. The third-order valence-electron chi connectivity index (χ3n) is 7.14. The second-order valence-electron chi connectivity index (χ2n) is 11.0. The van der Waals surface area contributed by atoms with Crippen molar-refractivity contribution in [3.8, 4) is 0 Å². The molecule has 0 radical (unpaired) electrons. The molecule has 246 valence electrons. The number of nitrogens with one attached hydrogen (secondary N) is 1. The Morgan fingerprint density at radius 1 is 0.667 bits per heavy atom. The van der Waals surface area contributed by atoms with Gasteiger partial charge in [0.25, 0.3) is 0 Å². The van der Waals surface area contributed by atoms with Crippen LogP contribution < -0.4 is 11.1 Å². The predicted octanol–water partition coefficient (Wildman–Crippen LogP) is 6.37. The van der Waals surface area contributed by atoms with Gasteiger partial charge in [0.05, 0.1) is 13.0 Å². The monoisotopic (exact) mass is 600 g/mol. The molecule has 0 saturated heterocycles. The number of ether oxygens (including phenoxy) is 4. The van der Waals surface area contributed by atoms with Gasteiger partial charge in [-0.25, -0.2) is 4.79 Å². The zero-order chi connectivity index (χ0) is 31.3. The number of hydrogen-bond acceptors (Lipinski definition) is 9. The van der Waals surface area contributed by atoms with Gasteiger partial charge in [-0.05, 0) is 45.1 Å². The average molecular weight is 601 g/mol. The standard InChI is InChI=1S/C32H60N2O8/c1-4-6-13-21-29(35)40-25-28(26-41-30(36)22-14-7-5-2)42-32(38)34-24-18-12-10-8-9-11-15-19-27(31(37)39-3)20-16-17-23-33/h27-28H,4-26,33H2,1-3H3,(H,34,38). The van der Waals surface area contributed by atoms with E-state index in [2.05, 4.69) is 19.2 Å². The van der Waals surface area contributed by atoms with Crippen molar-refractivity contribution < 1.29 is 38.1 Å². The van der Waals surface area contributed by atoms with Crippen LogP contribution in [0.25, 0.3) is 0 Å². The Morgan fingerprint density at radius 2 is 1.17 bits per heavy atom. The Kier molecular flexibility index (Phi) is 27.1. The molecule has 0 aromatic heterocycles. The van der Waals surface area contributed by atoms with Gasteiger partial charge in [0, 0.05) is 19.4 Å². The van der Waals surface area contributed by atoms with E-state index < -0.39 is 12.2 Å². The Labute approximate surface area is 254 Å². The van der Waals surface area contributed by atoms with E-state index in [4.69, 9.17) is 24.7 Å². The van der Waals surface area contributed by atoms with Crippen molar-refractivity contribution >= 4 is 24.0 Å². The molecule has 1 unspecified atom stereocenters. The number of carbonyl (C=O) groups excluding carboxylic acids is 4. The molecule has 0 spiro atoms. The van der Waals surface area contributed by atoms with Crippen molar-refractivity contribution in [1.29, 1.82) is 0 Å². The highest BCUT2D eigenvalue weighted by Crippen LogP contribution is 2.19. The lowest BCUT2D eigenvalue weighted by Crippen LogP contribution is -2.35. The van der Waals surface area contributed by atoms with Gasteiger partial charge in [0.1, 0.15) is 13.2 Å². The lowest BCUT2D eigenvalue weighted by molar-refractivity contribution is -0.152. The smallest absolute Gasteiger partial charge is 0.407 e. The molecule has 10 heteroatoms. The summed E-state index contributed by atoms with van der Waals surface area (Å²) < 4.78 is 20.9. The second kappa shape index (κ2) is 28.7. The van der Waals surface area contributed by atoms with E-state index in [1.165, 1.54) is 7.11 Å². The van der Waals surface area contributed by atoms with E-state index >= 15 is 0 Å². The maximum Gasteiger partial charge on any atom is 0.407 e. The molecule has 3 N–H and O–H groups in total. The van der Waals surface area contributed by atoms with Crippen LogP contribution in [-0.2, 0) is 33.3 Å². The van der Waals surface area contributed by atoms with Gasteiger partial charge in [0.2, 0.25) is 0 Å². The highest BCUT2D eigenvalue weighted by Gasteiger charge is 2.20. The zero-order valence-corrected chi connectivity index (χ0v) is 26.8. The van der Waals surface area contributed by atoms with E-state index in [1.54, 1.807) is 0 Å². The Morgan fingerprint density at radius 3 is 1.67 bits per heavy atom. The molecule has 42 heavy (non-hydrogen) atoms. The molecule has 0 aliphatic heterocycles. The first kappa shape index (κ1) is 39.6. The first-order valence-electron chi connectivity index (χ1n) is 16.4. The zero-order valence-electron chi connectivity index (χ0n) is 26.8. The van der Waals surface area contributed by atoms with Crippen molar-refractivity contribution in [2.24, 2.45) is 11.7 Å². The molecule has 0 heterocycles. The van der Waals surface area contributed by atoms with Crippen LogP contribution in [0.3, 0.4) is 0 Å². The summed E-state index contributed by atoms with van der Waals surface area (Å²) in [5.41, 5.74) is 5.55. The van der Waals surface area contributed by atoms with Crippen LogP contribution in [-0.4, -0.2) is 63.5 Å². The summed E-state index contributed by atoms with van der Waals surface area (Å²) in [7, 11) is 1.45. The number of methoxy groups -OCH3 is 1. The fraction of sp³-hybridized carbons (Fsp3) is 0.875. The van der Waals surface area contributed by atoms with Crippen LogP contribution in [0.15, 0.2) is 0 Å². The first-order chi connectivity index (χ1) is 20.4. The maximum atomic E-state index is 12.3. The van der Waals surface area contributed by atoms with Gasteiger partial charge < -0.3 is 30.0 Å². The summed E-state index contributed by atoms with van der Waals surface area (Å²) in [6.07, 6.45) is 15.3. The van der Waals surface area contributed by atoms with Crippen LogP contribution in [0.1, 0.15) is 136 Å². The van der Waals surface area contributed by atoms with Gasteiger partial charge >= 0.3 is 24.0 Å². The lowest BCUT2D eigenvalue weighted by atomic mass is 9.95. The molecule has 0 saturated carbocycles. The van der Waals surface area contributed by atoms with Crippen LogP contribution >= 0.6 is 0 Å². The summed E-state index contributed by atoms with van der Waals surface area (Å²) in [6, 6.07) is 0. The van der Waals surface area contributed by atoms with Crippen molar-refractivity contribution in [2.75, 3.05) is 33.4 Å². The molecule has 10 nitrogen and oxygen atoms in total.